The predicted octanol–water partition coefficient (Wildman–Crippen LogP) is 2.90. The molecule has 0 aliphatic heterocycles. The first-order valence-corrected chi connectivity index (χ1v) is 8.80. The lowest BCUT2D eigenvalue weighted by molar-refractivity contribution is 0.0402. The molecule has 3 heterocycles. The maximum Gasteiger partial charge on any atom is 0.267 e. The van der Waals surface area contributed by atoms with Gasteiger partial charge >= 0.3 is 0 Å². The van der Waals surface area contributed by atoms with Crippen LogP contribution in [0.4, 0.5) is 0 Å². The maximum absolute atomic E-state index is 12.1. The number of aromatic nitrogens is 4. The number of pyridine rings is 1. The van der Waals surface area contributed by atoms with E-state index in [1.54, 1.807) is 10.6 Å². The third kappa shape index (κ3) is 2.57. The largest absolute Gasteiger partial charge is 0.383 e. The van der Waals surface area contributed by atoms with Gasteiger partial charge in [0.1, 0.15) is 11.3 Å². The number of fused-ring (bicyclic) bond motifs is 1. The minimum atomic E-state index is -0.929. The van der Waals surface area contributed by atoms with Crippen molar-refractivity contribution in [3.63, 3.8) is 0 Å². The van der Waals surface area contributed by atoms with E-state index in [9.17, 15) is 9.90 Å². The Morgan fingerprint density at radius 1 is 1.12 bits per heavy atom. The molecule has 0 saturated heterocycles. The molecule has 25 heavy (non-hydrogen) atoms. The molecule has 0 amide bonds. The highest BCUT2D eigenvalue weighted by Crippen LogP contribution is 2.43. The molecule has 1 fully saturated rings. The van der Waals surface area contributed by atoms with Crippen molar-refractivity contribution in [2.24, 2.45) is 0 Å². The molecule has 0 unspecified atom stereocenters. The molecule has 4 rings (SSSR count). The van der Waals surface area contributed by atoms with Gasteiger partial charge in [0.15, 0.2) is 0 Å². The van der Waals surface area contributed by atoms with Crippen molar-refractivity contribution in [2.75, 3.05) is 0 Å². The van der Waals surface area contributed by atoms with E-state index < -0.39 is 5.60 Å². The van der Waals surface area contributed by atoms with E-state index >= 15 is 0 Å². The van der Waals surface area contributed by atoms with Gasteiger partial charge in [0.05, 0.1) is 22.8 Å². The summed E-state index contributed by atoms with van der Waals surface area (Å²) in [5.74, 6) is 0. The van der Waals surface area contributed by atoms with E-state index in [0.29, 0.717) is 24.2 Å². The second kappa shape index (κ2) is 5.81. The van der Waals surface area contributed by atoms with Crippen LogP contribution in [0.25, 0.3) is 16.8 Å². The van der Waals surface area contributed by atoms with Gasteiger partial charge in [-0.15, -0.1) is 0 Å². The van der Waals surface area contributed by atoms with E-state index in [1.807, 2.05) is 38.2 Å². The molecular weight excluding hydrogens is 316 g/mol. The Balaban J connectivity index is 2.00. The summed E-state index contributed by atoms with van der Waals surface area (Å²) in [6, 6.07) is 9.06. The normalized spacial score (nSPS) is 16.8. The van der Waals surface area contributed by atoms with Crippen molar-refractivity contribution in [3.8, 4) is 11.3 Å². The van der Waals surface area contributed by atoms with E-state index in [-0.39, 0.29) is 11.6 Å². The Morgan fingerprint density at radius 3 is 2.60 bits per heavy atom. The van der Waals surface area contributed by atoms with Gasteiger partial charge in [-0.2, -0.15) is 10.2 Å². The quantitative estimate of drug-likeness (QED) is 0.797. The summed E-state index contributed by atoms with van der Waals surface area (Å²) in [7, 11) is 0. The average Bonchev–Trinajstić information content (AvgIpc) is 3.20. The molecule has 130 valence electrons. The molecule has 0 bridgehead atoms. The van der Waals surface area contributed by atoms with Gasteiger partial charge in [0.2, 0.25) is 0 Å². The SMILES string of the molecule is CC(C)n1nc(-c2c(C3(O)CCCC3)nn3ccccc23)ccc1=O. The first kappa shape index (κ1) is 16.0. The zero-order valence-corrected chi connectivity index (χ0v) is 14.5. The van der Waals surface area contributed by atoms with Crippen LogP contribution >= 0.6 is 0 Å². The molecule has 0 spiro atoms. The van der Waals surface area contributed by atoms with Crippen LogP contribution < -0.4 is 5.56 Å². The molecule has 3 aromatic rings. The smallest absolute Gasteiger partial charge is 0.267 e. The maximum atomic E-state index is 12.1. The van der Waals surface area contributed by atoms with Crippen LogP contribution in [0.2, 0.25) is 0 Å². The number of hydrogen-bond donors (Lipinski definition) is 1. The average molecular weight is 338 g/mol. The van der Waals surface area contributed by atoms with Crippen LogP contribution in [0.1, 0.15) is 51.3 Å². The van der Waals surface area contributed by atoms with Crippen LogP contribution in [0.15, 0.2) is 41.3 Å². The molecule has 0 aromatic carbocycles. The highest BCUT2D eigenvalue weighted by molar-refractivity contribution is 5.81. The fraction of sp³-hybridized carbons (Fsp3) is 0.421. The van der Waals surface area contributed by atoms with Gasteiger partial charge in [-0.25, -0.2) is 9.20 Å². The van der Waals surface area contributed by atoms with Crippen LogP contribution in [0, 0.1) is 0 Å². The highest BCUT2D eigenvalue weighted by Gasteiger charge is 2.39. The summed E-state index contributed by atoms with van der Waals surface area (Å²) in [5.41, 5.74) is 1.99. The van der Waals surface area contributed by atoms with Crippen molar-refractivity contribution < 1.29 is 5.11 Å². The second-order valence-electron chi connectivity index (χ2n) is 7.09. The first-order valence-electron chi connectivity index (χ1n) is 8.80. The minimum absolute atomic E-state index is 0.0349. The first-order chi connectivity index (χ1) is 12.0. The number of hydrogen-bond acceptors (Lipinski definition) is 4. The Morgan fingerprint density at radius 2 is 1.88 bits per heavy atom. The summed E-state index contributed by atoms with van der Waals surface area (Å²) in [6.07, 6.45) is 5.26. The van der Waals surface area contributed by atoms with Gasteiger partial charge in [0.25, 0.3) is 5.56 Å². The van der Waals surface area contributed by atoms with Crippen LogP contribution in [-0.2, 0) is 5.60 Å². The molecule has 1 aliphatic rings. The van der Waals surface area contributed by atoms with Crippen molar-refractivity contribution in [1.29, 1.82) is 0 Å². The lowest BCUT2D eigenvalue weighted by Crippen LogP contribution is -2.25. The van der Waals surface area contributed by atoms with E-state index in [2.05, 4.69) is 10.2 Å². The van der Waals surface area contributed by atoms with Crippen LogP contribution in [0.3, 0.4) is 0 Å². The Bertz CT molecular complexity index is 980. The Labute approximate surface area is 145 Å². The third-order valence-corrected chi connectivity index (χ3v) is 4.98. The van der Waals surface area contributed by atoms with Gasteiger partial charge in [0, 0.05) is 12.3 Å². The zero-order valence-electron chi connectivity index (χ0n) is 14.5. The van der Waals surface area contributed by atoms with E-state index in [1.165, 1.54) is 10.7 Å². The monoisotopic (exact) mass is 338 g/mol. The predicted molar refractivity (Wildman–Crippen MR) is 95.4 cm³/mol. The van der Waals surface area contributed by atoms with Gasteiger partial charge in [-0.1, -0.05) is 18.9 Å². The molecule has 0 radical (unpaired) electrons. The Kier molecular flexibility index (Phi) is 3.72. The van der Waals surface area contributed by atoms with Crippen molar-refractivity contribution in [1.82, 2.24) is 19.4 Å². The highest BCUT2D eigenvalue weighted by atomic mass is 16.3. The molecule has 0 atom stereocenters. The van der Waals surface area contributed by atoms with Gasteiger partial charge < -0.3 is 5.11 Å². The lowest BCUT2D eigenvalue weighted by Gasteiger charge is -2.21. The van der Waals surface area contributed by atoms with Crippen molar-refractivity contribution in [3.05, 3.63) is 52.6 Å². The summed E-state index contributed by atoms with van der Waals surface area (Å²) in [5, 5.41) is 20.4. The molecule has 1 aliphatic carbocycles. The van der Waals surface area contributed by atoms with Crippen LogP contribution in [-0.4, -0.2) is 24.5 Å². The minimum Gasteiger partial charge on any atom is -0.383 e. The summed E-state index contributed by atoms with van der Waals surface area (Å²) < 4.78 is 3.26. The molecule has 6 nitrogen and oxygen atoms in total. The standard InChI is InChI=1S/C19H22N4O2/c1-13(2)23-16(24)9-8-14(20-23)17-15-7-3-6-12-22(15)21-18(17)19(25)10-4-5-11-19/h3,6-9,12-13,25H,4-5,10-11H2,1-2H3. The zero-order chi connectivity index (χ0) is 17.6. The topological polar surface area (TPSA) is 72.4 Å². The molecular formula is C19H22N4O2. The third-order valence-electron chi connectivity index (χ3n) is 4.98. The number of aliphatic hydroxyl groups is 1. The van der Waals surface area contributed by atoms with E-state index in [0.717, 1.165) is 23.9 Å². The molecule has 3 aromatic heterocycles. The molecule has 1 saturated carbocycles. The van der Waals surface area contributed by atoms with Crippen LogP contribution in [0.5, 0.6) is 0 Å². The van der Waals surface area contributed by atoms with Gasteiger partial charge in [-0.3, -0.25) is 4.79 Å². The van der Waals surface area contributed by atoms with Crippen molar-refractivity contribution >= 4 is 5.52 Å². The fourth-order valence-corrected chi connectivity index (χ4v) is 3.70. The fourth-order valence-electron chi connectivity index (χ4n) is 3.70. The van der Waals surface area contributed by atoms with Crippen molar-refractivity contribution in [2.45, 2.75) is 51.2 Å². The number of nitrogens with zero attached hydrogens (tertiary/aromatic N) is 4. The van der Waals surface area contributed by atoms with Gasteiger partial charge in [-0.05, 0) is 44.9 Å². The summed E-state index contributed by atoms with van der Waals surface area (Å²) >= 11 is 0. The summed E-state index contributed by atoms with van der Waals surface area (Å²) in [4.78, 5) is 12.1. The summed E-state index contributed by atoms with van der Waals surface area (Å²) in [6.45, 7) is 3.86. The molecule has 1 N–H and O–H groups in total. The Hall–Kier alpha value is -2.47. The van der Waals surface area contributed by atoms with E-state index in [4.69, 9.17) is 0 Å². The lowest BCUT2D eigenvalue weighted by atomic mass is 9.93. The second-order valence-corrected chi connectivity index (χ2v) is 7.09. The number of rotatable bonds is 3. The molecule has 6 heteroatoms.